The van der Waals surface area contributed by atoms with Crippen LogP contribution in [0.3, 0.4) is 0 Å². The molecule has 0 radical (unpaired) electrons. The summed E-state index contributed by atoms with van der Waals surface area (Å²) in [5.41, 5.74) is 4.97. The molecule has 0 unspecified atom stereocenters. The standard InChI is InChI=1S/C26H15N3O/c27-14-18-24-21(16-10-4-6-12-19(16)28-24)23(26(30)15-8-2-1-3-9-15)22-17-11-5-7-13-20(17)29-25(18)22/h1-13,28-29H. The van der Waals surface area contributed by atoms with E-state index in [4.69, 9.17) is 0 Å². The number of aromatic amines is 2. The summed E-state index contributed by atoms with van der Waals surface area (Å²) in [6.45, 7) is 0. The average molecular weight is 385 g/mol. The zero-order chi connectivity index (χ0) is 20.2. The smallest absolute Gasteiger partial charge is 0.194 e. The van der Waals surface area contributed by atoms with Crippen LogP contribution in [0.15, 0.2) is 78.9 Å². The average Bonchev–Trinajstić information content (AvgIpc) is 3.36. The number of carbonyl (C=O) groups is 1. The number of hydrogen-bond acceptors (Lipinski definition) is 2. The van der Waals surface area contributed by atoms with E-state index in [1.54, 1.807) is 0 Å². The third-order valence-electron chi connectivity index (χ3n) is 5.79. The number of nitrogens with one attached hydrogen (secondary N) is 2. The molecule has 0 aliphatic carbocycles. The molecule has 4 aromatic carbocycles. The van der Waals surface area contributed by atoms with Crippen LogP contribution >= 0.6 is 0 Å². The lowest BCUT2D eigenvalue weighted by molar-refractivity contribution is 0.104. The van der Waals surface area contributed by atoms with Crippen molar-refractivity contribution in [3.8, 4) is 6.07 Å². The fourth-order valence-corrected chi connectivity index (χ4v) is 4.50. The van der Waals surface area contributed by atoms with E-state index in [0.29, 0.717) is 27.7 Å². The first-order chi connectivity index (χ1) is 14.8. The third-order valence-corrected chi connectivity index (χ3v) is 5.79. The molecule has 4 nitrogen and oxygen atoms in total. The molecule has 0 fully saturated rings. The Morgan fingerprint density at radius 3 is 1.73 bits per heavy atom. The molecule has 30 heavy (non-hydrogen) atoms. The van der Waals surface area contributed by atoms with Gasteiger partial charge in [-0.2, -0.15) is 5.26 Å². The zero-order valence-corrected chi connectivity index (χ0v) is 15.9. The Balaban J connectivity index is 1.93. The van der Waals surface area contributed by atoms with Crippen LogP contribution in [0.25, 0.3) is 43.6 Å². The molecule has 6 rings (SSSR count). The molecule has 4 heteroatoms. The van der Waals surface area contributed by atoms with Gasteiger partial charge in [0.15, 0.2) is 5.78 Å². The SMILES string of the molecule is N#Cc1c2[nH]c3ccccc3c2c(C(=O)c2ccccc2)c2c1[nH]c1ccccc12. The number of fused-ring (bicyclic) bond motifs is 6. The van der Waals surface area contributed by atoms with Crippen molar-refractivity contribution >= 4 is 49.4 Å². The van der Waals surface area contributed by atoms with Crippen molar-refractivity contribution in [2.75, 3.05) is 0 Å². The second-order valence-electron chi connectivity index (χ2n) is 7.40. The van der Waals surface area contributed by atoms with Crippen molar-refractivity contribution in [3.05, 3.63) is 95.6 Å². The van der Waals surface area contributed by atoms with Crippen molar-refractivity contribution in [2.24, 2.45) is 0 Å². The number of rotatable bonds is 2. The molecule has 2 aromatic heterocycles. The lowest BCUT2D eigenvalue weighted by Crippen LogP contribution is -2.03. The third kappa shape index (κ3) is 2.12. The van der Waals surface area contributed by atoms with Gasteiger partial charge in [-0.05, 0) is 12.1 Å². The summed E-state index contributed by atoms with van der Waals surface area (Å²) in [5, 5.41) is 13.5. The van der Waals surface area contributed by atoms with Crippen LogP contribution < -0.4 is 0 Å². The molecule has 0 aliphatic rings. The van der Waals surface area contributed by atoms with E-state index in [9.17, 15) is 10.1 Å². The summed E-state index contributed by atoms with van der Waals surface area (Å²) in [5.74, 6) is -0.0513. The maximum atomic E-state index is 13.8. The fraction of sp³-hybridized carbons (Fsp3) is 0. The monoisotopic (exact) mass is 385 g/mol. The van der Waals surface area contributed by atoms with Crippen LogP contribution in [-0.4, -0.2) is 15.8 Å². The Morgan fingerprint density at radius 1 is 0.700 bits per heavy atom. The molecule has 0 amide bonds. The molecule has 0 saturated heterocycles. The minimum Gasteiger partial charge on any atom is -0.353 e. The molecule has 0 atom stereocenters. The summed E-state index contributed by atoms with van der Waals surface area (Å²) in [7, 11) is 0. The quantitative estimate of drug-likeness (QED) is 0.356. The maximum absolute atomic E-state index is 13.8. The fourth-order valence-electron chi connectivity index (χ4n) is 4.50. The van der Waals surface area contributed by atoms with E-state index in [1.807, 2.05) is 78.9 Å². The first-order valence-corrected chi connectivity index (χ1v) is 9.74. The topological polar surface area (TPSA) is 72.4 Å². The summed E-state index contributed by atoms with van der Waals surface area (Å²) >= 11 is 0. The number of ketones is 1. The minimum atomic E-state index is -0.0513. The number of benzene rings is 4. The van der Waals surface area contributed by atoms with Gasteiger partial charge in [0.25, 0.3) is 0 Å². The van der Waals surface area contributed by atoms with Crippen molar-refractivity contribution in [1.29, 1.82) is 5.26 Å². The normalized spacial score (nSPS) is 11.4. The number of para-hydroxylation sites is 2. The van der Waals surface area contributed by atoms with Gasteiger partial charge in [-0.1, -0.05) is 66.7 Å². The highest BCUT2D eigenvalue weighted by Crippen LogP contribution is 2.41. The van der Waals surface area contributed by atoms with Crippen LogP contribution in [0, 0.1) is 11.3 Å². The van der Waals surface area contributed by atoms with E-state index >= 15 is 0 Å². The highest BCUT2D eigenvalue weighted by atomic mass is 16.1. The predicted molar refractivity (Wildman–Crippen MR) is 120 cm³/mol. The van der Waals surface area contributed by atoms with Crippen LogP contribution in [0.1, 0.15) is 21.5 Å². The highest BCUT2D eigenvalue weighted by Gasteiger charge is 2.25. The van der Waals surface area contributed by atoms with Crippen molar-refractivity contribution in [1.82, 2.24) is 9.97 Å². The van der Waals surface area contributed by atoms with E-state index < -0.39 is 0 Å². The summed E-state index contributed by atoms with van der Waals surface area (Å²) in [6.07, 6.45) is 0. The van der Waals surface area contributed by atoms with Gasteiger partial charge >= 0.3 is 0 Å². The number of carbonyl (C=O) groups excluding carboxylic acids is 1. The number of nitriles is 1. The first kappa shape index (κ1) is 16.6. The minimum absolute atomic E-state index is 0.0513. The second-order valence-corrected chi connectivity index (χ2v) is 7.40. The summed E-state index contributed by atoms with van der Waals surface area (Å²) < 4.78 is 0. The number of nitrogens with zero attached hydrogens (tertiary/aromatic N) is 1. The molecule has 0 bridgehead atoms. The number of H-pyrrole nitrogens is 2. The summed E-state index contributed by atoms with van der Waals surface area (Å²) in [4.78, 5) is 20.6. The molecule has 140 valence electrons. The lowest BCUT2D eigenvalue weighted by Gasteiger charge is -2.09. The van der Waals surface area contributed by atoms with Crippen LogP contribution in [-0.2, 0) is 0 Å². The van der Waals surface area contributed by atoms with Gasteiger partial charge in [0.1, 0.15) is 11.6 Å². The van der Waals surface area contributed by atoms with Crippen LogP contribution in [0.2, 0.25) is 0 Å². The Hall–Kier alpha value is -4.36. The Morgan fingerprint density at radius 2 is 1.20 bits per heavy atom. The molecule has 2 heterocycles. The van der Waals surface area contributed by atoms with Crippen molar-refractivity contribution < 1.29 is 4.79 Å². The summed E-state index contributed by atoms with van der Waals surface area (Å²) in [6, 6.07) is 27.4. The van der Waals surface area contributed by atoms with Gasteiger partial charge < -0.3 is 9.97 Å². The Labute approximate surface area is 171 Å². The maximum Gasteiger partial charge on any atom is 0.194 e. The molecular weight excluding hydrogens is 370 g/mol. The lowest BCUT2D eigenvalue weighted by atomic mass is 9.91. The van der Waals surface area contributed by atoms with Gasteiger partial charge in [0.2, 0.25) is 0 Å². The molecule has 0 saturated carbocycles. The second kappa shape index (κ2) is 6.07. The molecule has 2 N–H and O–H groups in total. The molecule has 6 aromatic rings. The van der Waals surface area contributed by atoms with Gasteiger partial charge in [-0.25, -0.2) is 0 Å². The first-order valence-electron chi connectivity index (χ1n) is 9.74. The van der Waals surface area contributed by atoms with Gasteiger partial charge in [-0.3, -0.25) is 4.79 Å². The van der Waals surface area contributed by atoms with Crippen LogP contribution in [0.5, 0.6) is 0 Å². The molecular formula is C26H15N3O. The van der Waals surface area contributed by atoms with E-state index in [2.05, 4.69) is 16.0 Å². The van der Waals surface area contributed by atoms with E-state index in [0.717, 1.165) is 32.6 Å². The van der Waals surface area contributed by atoms with Crippen LogP contribution in [0.4, 0.5) is 0 Å². The van der Waals surface area contributed by atoms with Gasteiger partial charge in [0, 0.05) is 43.7 Å². The van der Waals surface area contributed by atoms with Crippen molar-refractivity contribution in [2.45, 2.75) is 0 Å². The number of hydrogen-bond donors (Lipinski definition) is 2. The predicted octanol–water partition coefficient (Wildman–Crippen LogP) is 6.06. The zero-order valence-electron chi connectivity index (χ0n) is 15.9. The molecule has 0 aliphatic heterocycles. The number of aromatic nitrogens is 2. The highest BCUT2D eigenvalue weighted by molar-refractivity contribution is 6.33. The molecule has 0 spiro atoms. The van der Waals surface area contributed by atoms with Crippen molar-refractivity contribution in [3.63, 3.8) is 0 Å². The van der Waals surface area contributed by atoms with E-state index in [1.165, 1.54) is 0 Å². The van der Waals surface area contributed by atoms with E-state index in [-0.39, 0.29) is 5.78 Å². The Bertz CT molecular complexity index is 1570. The largest absolute Gasteiger partial charge is 0.353 e. The van der Waals surface area contributed by atoms with Gasteiger partial charge in [-0.15, -0.1) is 0 Å². The Kier molecular flexibility index (Phi) is 3.35. The van der Waals surface area contributed by atoms with Gasteiger partial charge in [0.05, 0.1) is 11.0 Å².